The normalized spacial score (nSPS) is 10.3. The molecular formula is C15H14Cl2FNO2. The number of hydrogen-bond donors (Lipinski definition) is 1. The number of rotatable bonds is 5. The van der Waals surface area contributed by atoms with Crippen molar-refractivity contribution in [1.82, 2.24) is 0 Å². The van der Waals surface area contributed by atoms with Gasteiger partial charge in [0, 0.05) is 18.2 Å². The second-order valence-electron chi connectivity index (χ2n) is 4.25. The van der Waals surface area contributed by atoms with Gasteiger partial charge in [-0.2, -0.15) is 0 Å². The van der Waals surface area contributed by atoms with Crippen LogP contribution in [-0.2, 0) is 6.54 Å². The summed E-state index contributed by atoms with van der Waals surface area (Å²) in [5, 5.41) is 3.61. The van der Waals surface area contributed by atoms with E-state index in [0.29, 0.717) is 27.8 Å². The molecule has 0 atom stereocenters. The zero-order valence-electron chi connectivity index (χ0n) is 11.5. The smallest absolute Gasteiger partial charge is 0.146 e. The average molecular weight is 330 g/mol. The van der Waals surface area contributed by atoms with Gasteiger partial charge in [-0.3, -0.25) is 0 Å². The predicted octanol–water partition coefficient (Wildman–Crippen LogP) is 4.76. The monoisotopic (exact) mass is 329 g/mol. The fourth-order valence-corrected chi connectivity index (χ4v) is 2.31. The standard InChI is InChI=1S/C15H14Cl2FNO2/c1-20-13-7-14(21-2)12(6-11(13)17)19-8-9-4-3-5-10(16)15(9)18/h3-7,19H,8H2,1-2H3. The van der Waals surface area contributed by atoms with Crippen molar-refractivity contribution in [3.8, 4) is 11.5 Å². The first-order chi connectivity index (χ1) is 10.1. The topological polar surface area (TPSA) is 30.5 Å². The third-order valence-electron chi connectivity index (χ3n) is 2.97. The highest BCUT2D eigenvalue weighted by molar-refractivity contribution is 6.32. The van der Waals surface area contributed by atoms with Gasteiger partial charge in [0.15, 0.2) is 0 Å². The first kappa shape index (κ1) is 15.7. The number of methoxy groups -OCH3 is 2. The number of hydrogen-bond acceptors (Lipinski definition) is 3. The highest BCUT2D eigenvalue weighted by Gasteiger charge is 2.11. The van der Waals surface area contributed by atoms with Gasteiger partial charge in [0.05, 0.1) is 30.0 Å². The summed E-state index contributed by atoms with van der Waals surface area (Å²) in [7, 11) is 3.06. The summed E-state index contributed by atoms with van der Waals surface area (Å²) >= 11 is 11.8. The van der Waals surface area contributed by atoms with Crippen molar-refractivity contribution in [3.05, 3.63) is 51.8 Å². The molecule has 0 aromatic heterocycles. The van der Waals surface area contributed by atoms with Crippen LogP contribution in [0.2, 0.25) is 10.0 Å². The molecule has 0 radical (unpaired) electrons. The Balaban J connectivity index is 2.23. The maximum Gasteiger partial charge on any atom is 0.146 e. The Hall–Kier alpha value is -1.65. The molecule has 112 valence electrons. The maximum atomic E-state index is 13.8. The largest absolute Gasteiger partial charge is 0.495 e. The van der Waals surface area contributed by atoms with E-state index in [1.54, 1.807) is 24.3 Å². The van der Waals surface area contributed by atoms with E-state index in [9.17, 15) is 4.39 Å². The Kier molecular flexibility index (Phi) is 5.15. The Morgan fingerprint density at radius 2 is 1.76 bits per heavy atom. The van der Waals surface area contributed by atoms with Crippen molar-refractivity contribution in [2.45, 2.75) is 6.54 Å². The summed E-state index contributed by atoms with van der Waals surface area (Å²) in [6, 6.07) is 8.19. The molecule has 0 aliphatic heterocycles. The minimum absolute atomic E-state index is 0.0917. The maximum absolute atomic E-state index is 13.8. The van der Waals surface area contributed by atoms with E-state index in [0.717, 1.165) is 0 Å². The van der Waals surface area contributed by atoms with Gasteiger partial charge in [-0.1, -0.05) is 35.3 Å². The lowest BCUT2D eigenvalue weighted by Crippen LogP contribution is -2.04. The van der Waals surface area contributed by atoms with Gasteiger partial charge in [-0.05, 0) is 12.1 Å². The van der Waals surface area contributed by atoms with Crippen LogP contribution in [0.4, 0.5) is 10.1 Å². The van der Waals surface area contributed by atoms with Crippen LogP contribution in [0.15, 0.2) is 30.3 Å². The van der Waals surface area contributed by atoms with Crippen LogP contribution in [-0.4, -0.2) is 14.2 Å². The molecule has 0 aliphatic rings. The van der Waals surface area contributed by atoms with E-state index < -0.39 is 5.82 Å². The molecule has 0 bridgehead atoms. The van der Waals surface area contributed by atoms with Gasteiger partial charge in [-0.15, -0.1) is 0 Å². The lowest BCUT2D eigenvalue weighted by atomic mass is 10.2. The quantitative estimate of drug-likeness (QED) is 0.857. The van der Waals surface area contributed by atoms with Gasteiger partial charge in [-0.25, -0.2) is 4.39 Å². The van der Waals surface area contributed by atoms with Crippen LogP contribution >= 0.6 is 23.2 Å². The van der Waals surface area contributed by atoms with Crippen LogP contribution in [0, 0.1) is 5.82 Å². The highest BCUT2D eigenvalue weighted by Crippen LogP contribution is 2.36. The van der Waals surface area contributed by atoms with E-state index in [2.05, 4.69) is 5.32 Å². The molecule has 0 heterocycles. The molecule has 3 nitrogen and oxygen atoms in total. The molecule has 2 aromatic rings. The van der Waals surface area contributed by atoms with Crippen molar-refractivity contribution < 1.29 is 13.9 Å². The molecule has 2 rings (SSSR count). The van der Waals surface area contributed by atoms with E-state index in [4.69, 9.17) is 32.7 Å². The Morgan fingerprint density at radius 1 is 1.05 bits per heavy atom. The number of benzene rings is 2. The number of nitrogens with one attached hydrogen (secondary N) is 1. The molecule has 1 N–H and O–H groups in total. The van der Waals surface area contributed by atoms with Crippen molar-refractivity contribution in [3.63, 3.8) is 0 Å². The van der Waals surface area contributed by atoms with Crippen molar-refractivity contribution in [1.29, 1.82) is 0 Å². The fraction of sp³-hybridized carbons (Fsp3) is 0.200. The minimum atomic E-state index is -0.440. The second kappa shape index (κ2) is 6.87. The predicted molar refractivity (Wildman–Crippen MR) is 83.3 cm³/mol. The number of ether oxygens (including phenoxy) is 2. The Morgan fingerprint density at radius 3 is 2.43 bits per heavy atom. The first-order valence-corrected chi connectivity index (χ1v) is 6.90. The van der Waals surface area contributed by atoms with Crippen LogP contribution in [0.1, 0.15) is 5.56 Å². The molecular weight excluding hydrogens is 316 g/mol. The molecule has 0 unspecified atom stereocenters. The first-order valence-electron chi connectivity index (χ1n) is 6.15. The summed E-state index contributed by atoms with van der Waals surface area (Å²) in [6.07, 6.45) is 0. The third-order valence-corrected chi connectivity index (χ3v) is 3.56. The van der Waals surface area contributed by atoms with Crippen LogP contribution in [0.25, 0.3) is 0 Å². The summed E-state index contributed by atoms with van der Waals surface area (Å²) < 4.78 is 24.2. The van der Waals surface area contributed by atoms with E-state index >= 15 is 0 Å². The SMILES string of the molecule is COc1cc(OC)c(NCc2cccc(Cl)c2F)cc1Cl. The molecule has 6 heteroatoms. The molecule has 0 saturated carbocycles. The Labute approximate surface area is 132 Å². The van der Waals surface area contributed by atoms with Gasteiger partial charge in [0.1, 0.15) is 17.3 Å². The Bertz CT molecular complexity index is 650. The van der Waals surface area contributed by atoms with E-state index in [1.165, 1.54) is 20.3 Å². The van der Waals surface area contributed by atoms with Gasteiger partial charge >= 0.3 is 0 Å². The zero-order chi connectivity index (χ0) is 15.4. The molecule has 0 saturated heterocycles. The summed E-state index contributed by atoms with van der Waals surface area (Å²) in [5.74, 6) is 0.622. The summed E-state index contributed by atoms with van der Waals surface area (Å²) in [4.78, 5) is 0. The van der Waals surface area contributed by atoms with Crippen molar-refractivity contribution >= 4 is 28.9 Å². The highest BCUT2D eigenvalue weighted by atomic mass is 35.5. The zero-order valence-corrected chi connectivity index (χ0v) is 13.1. The van der Waals surface area contributed by atoms with Crippen molar-refractivity contribution in [2.24, 2.45) is 0 Å². The van der Waals surface area contributed by atoms with Crippen LogP contribution in [0.3, 0.4) is 0 Å². The van der Waals surface area contributed by atoms with Crippen LogP contribution in [0.5, 0.6) is 11.5 Å². The summed E-state index contributed by atoms with van der Waals surface area (Å²) in [5.41, 5.74) is 1.10. The van der Waals surface area contributed by atoms with Gasteiger partial charge < -0.3 is 14.8 Å². The molecule has 0 amide bonds. The van der Waals surface area contributed by atoms with Gasteiger partial charge in [0.2, 0.25) is 0 Å². The van der Waals surface area contributed by atoms with Crippen LogP contribution < -0.4 is 14.8 Å². The number of anilines is 1. The third kappa shape index (κ3) is 3.52. The average Bonchev–Trinajstić information content (AvgIpc) is 2.49. The lowest BCUT2D eigenvalue weighted by molar-refractivity contribution is 0.395. The minimum Gasteiger partial charge on any atom is -0.495 e. The summed E-state index contributed by atoms with van der Waals surface area (Å²) in [6.45, 7) is 0.255. The molecule has 0 aliphatic carbocycles. The van der Waals surface area contributed by atoms with Crippen molar-refractivity contribution in [2.75, 3.05) is 19.5 Å². The molecule has 21 heavy (non-hydrogen) atoms. The van der Waals surface area contributed by atoms with Gasteiger partial charge in [0.25, 0.3) is 0 Å². The fourth-order valence-electron chi connectivity index (χ4n) is 1.87. The number of halogens is 3. The molecule has 0 fully saturated rings. The second-order valence-corrected chi connectivity index (χ2v) is 5.07. The molecule has 0 spiro atoms. The van der Waals surface area contributed by atoms with E-state index in [1.807, 2.05) is 0 Å². The lowest BCUT2D eigenvalue weighted by Gasteiger charge is -2.14. The van der Waals surface area contributed by atoms with E-state index in [-0.39, 0.29) is 11.6 Å². The molecule has 2 aromatic carbocycles.